The molecule has 1 saturated heterocycles. The fraction of sp³-hybridized carbons (Fsp3) is 0.583. The Labute approximate surface area is 101 Å². The summed E-state index contributed by atoms with van der Waals surface area (Å²) in [6.07, 6.45) is 1.65. The molecule has 1 aromatic rings. The number of nitrogens with two attached hydrogens (primary N) is 1. The molecule has 3 N–H and O–H groups in total. The number of nitrogen functional groups attached to an aromatic ring is 1. The molecule has 0 bridgehead atoms. The van der Waals surface area contributed by atoms with E-state index in [1.807, 2.05) is 19.2 Å². The second-order valence-electron chi connectivity index (χ2n) is 4.56. The molecule has 0 saturated carbocycles. The predicted molar refractivity (Wildman–Crippen MR) is 67.0 cm³/mol. The zero-order valence-corrected chi connectivity index (χ0v) is 10.3. The number of aryl methyl sites for hydroxylation is 1. The molecule has 0 radical (unpaired) electrons. The van der Waals surface area contributed by atoms with Crippen molar-refractivity contribution >= 4 is 11.5 Å². The number of anilines is 2. The molecular weight excluding hydrogens is 218 g/mol. The number of hydrogen-bond acceptors (Lipinski definition) is 5. The first-order chi connectivity index (χ1) is 8.11. The van der Waals surface area contributed by atoms with Crippen molar-refractivity contribution in [2.45, 2.75) is 26.0 Å². The molecule has 94 valence electrons. The Hall–Kier alpha value is -1.33. The van der Waals surface area contributed by atoms with Crippen LogP contribution in [0.4, 0.5) is 11.5 Å². The van der Waals surface area contributed by atoms with Crippen LogP contribution in [0.25, 0.3) is 0 Å². The van der Waals surface area contributed by atoms with Gasteiger partial charge in [0.15, 0.2) is 5.82 Å². The zero-order chi connectivity index (χ0) is 12.4. The van der Waals surface area contributed by atoms with E-state index in [1.165, 1.54) is 0 Å². The molecule has 1 aliphatic heterocycles. The van der Waals surface area contributed by atoms with Gasteiger partial charge in [-0.2, -0.15) is 0 Å². The number of pyridine rings is 1. The number of morpholine rings is 1. The maximum Gasteiger partial charge on any atom is 0.152 e. The summed E-state index contributed by atoms with van der Waals surface area (Å²) in [6.45, 7) is 5.26. The summed E-state index contributed by atoms with van der Waals surface area (Å²) in [7, 11) is 0. The van der Waals surface area contributed by atoms with Gasteiger partial charge in [0.25, 0.3) is 0 Å². The van der Waals surface area contributed by atoms with Gasteiger partial charge in [-0.3, -0.25) is 0 Å². The Bertz CT molecular complexity index is 397. The van der Waals surface area contributed by atoms with E-state index < -0.39 is 0 Å². The zero-order valence-electron chi connectivity index (χ0n) is 10.3. The Balaban J connectivity index is 2.24. The molecule has 5 nitrogen and oxygen atoms in total. The third kappa shape index (κ3) is 2.50. The van der Waals surface area contributed by atoms with Crippen LogP contribution in [0.2, 0.25) is 0 Å². The topological polar surface area (TPSA) is 71.6 Å². The molecule has 17 heavy (non-hydrogen) atoms. The van der Waals surface area contributed by atoms with Gasteiger partial charge in [-0.1, -0.05) is 0 Å². The first kappa shape index (κ1) is 12.1. The number of hydrogen-bond donors (Lipinski definition) is 2. The van der Waals surface area contributed by atoms with E-state index >= 15 is 0 Å². The summed E-state index contributed by atoms with van der Waals surface area (Å²) in [5.41, 5.74) is 7.72. The van der Waals surface area contributed by atoms with Crippen molar-refractivity contribution in [1.82, 2.24) is 4.98 Å². The van der Waals surface area contributed by atoms with Gasteiger partial charge in [-0.25, -0.2) is 4.98 Å². The lowest BCUT2D eigenvalue weighted by Gasteiger charge is -2.38. The highest BCUT2D eigenvalue weighted by atomic mass is 16.5. The highest BCUT2D eigenvalue weighted by Gasteiger charge is 2.27. The van der Waals surface area contributed by atoms with Crippen LogP contribution in [0, 0.1) is 6.92 Å². The monoisotopic (exact) mass is 237 g/mol. The van der Waals surface area contributed by atoms with Gasteiger partial charge < -0.3 is 20.5 Å². The van der Waals surface area contributed by atoms with E-state index in [1.54, 1.807) is 0 Å². The van der Waals surface area contributed by atoms with Crippen LogP contribution in [0.5, 0.6) is 0 Å². The molecule has 1 aliphatic rings. The fourth-order valence-corrected chi connectivity index (χ4v) is 2.05. The second-order valence-corrected chi connectivity index (χ2v) is 4.56. The Kier molecular flexibility index (Phi) is 3.49. The summed E-state index contributed by atoms with van der Waals surface area (Å²) >= 11 is 0. The molecule has 2 heterocycles. The number of aromatic nitrogens is 1. The first-order valence-electron chi connectivity index (χ1n) is 5.83. The van der Waals surface area contributed by atoms with Gasteiger partial charge in [0.1, 0.15) is 0 Å². The summed E-state index contributed by atoms with van der Waals surface area (Å²) in [6, 6.07) is 2.13. The van der Waals surface area contributed by atoms with Gasteiger partial charge in [-0.05, 0) is 25.5 Å². The highest BCUT2D eigenvalue weighted by Crippen LogP contribution is 2.25. The Morgan fingerprint density at radius 3 is 3.06 bits per heavy atom. The van der Waals surface area contributed by atoms with Gasteiger partial charge in [-0.15, -0.1) is 0 Å². The van der Waals surface area contributed by atoms with E-state index in [2.05, 4.69) is 16.8 Å². The lowest BCUT2D eigenvalue weighted by atomic mass is 10.2. The van der Waals surface area contributed by atoms with Crippen molar-refractivity contribution < 1.29 is 9.84 Å². The Morgan fingerprint density at radius 2 is 2.41 bits per heavy atom. The molecule has 1 aromatic heterocycles. The summed E-state index contributed by atoms with van der Waals surface area (Å²) in [4.78, 5) is 6.48. The van der Waals surface area contributed by atoms with Crippen LogP contribution in [0.15, 0.2) is 12.3 Å². The lowest BCUT2D eigenvalue weighted by molar-refractivity contribution is -0.0105. The van der Waals surface area contributed by atoms with E-state index in [4.69, 9.17) is 15.6 Å². The number of aliphatic hydroxyl groups excluding tert-OH is 1. The molecule has 0 spiro atoms. The van der Waals surface area contributed by atoms with Crippen LogP contribution >= 0.6 is 0 Å². The predicted octanol–water partition coefficient (Wildman–Crippen LogP) is 0.558. The second kappa shape index (κ2) is 4.89. The molecule has 0 aliphatic carbocycles. The van der Waals surface area contributed by atoms with Crippen LogP contribution in [-0.2, 0) is 4.74 Å². The lowest BCUT2D eigenvalue weighted by Crippen LogP contribution is -2.50. The third-order valence-electron chi connectivity index (χ3n) is 3.01. The summed E-state index contributed by atoms with van der Waals surface area (Å²) in [5, 5.41) is 9.15. The highest BCUT2D eigenvalue weighted by molar-refractivity contribution is 5.64. The molecule has 2 unspecified atom stereocenters. The largest absolute Gasteiger partial charge is 0.396 e. The molecule has 0 amide bonds. The molecule has 2 atom stereocenters. The van der Waals surface area contributed by atoms with Crippen molar-refractivity contribution in [2.75, 3.05) is 30.4 Å². The minimum absolute atomic E-state index is 0.0228. The van der Waals surface area contributed by atoms with Crippen LogP contribution in [0.3, 0.4) is 0 Å². The molecule has 0 aromatic carbocycles. The van der Waals surface area contributed by atoms with Crippen LogP contribution in [0.1, 0.15) is 12.5 Å². The minimum Gasteiger partial charge on any atom is -0.396 e. The van der Waals surface area contributed by atoms with Crippen molar-refractivity contribution in [3.8, 4) is 0 Å². The van der Waals surface area contributed by atoms with Crippen LogP contribution in [-0.4, -0.2) is 42.0 Å². The smallest absolute Gasteiger partial charge is 0.152 e. The molecule has 1 fully saturated rings. The molecular formula is C12H19N3O2. The van der Waals surface area contributed by atoms with Gasteiger partial charge in [0.2, 0.25) is 0 Å². The van der Waals surface area contributed by atoms with Gasteiger partial charge in [0.05, 0.1) is 31.0 Å². The standard InChI is InChI=1S/C12H19N3O2/c1-8-3-11(13)12(14-4-8)15-5-10(6-16)17-7-9(15)2/h3-4,9-10,16H,5-7,13H2,1-2H3. The van der Waals surface area contributed by atoms with E-state index in [9.17, 15) is 0 Å². The average molecular weight is 237 g/mol. The summed E-state index contributed by atoms with van der Waals surface area (Å²) in [5.74, 6) is 0.782. The first-order valence-corrected chi connectivity index (χ1v) is 5.83. The van der Waals surface area contributed by atoms with Crippen LogP contribution < -0.4 is 10.6 Å². The minimum atomic E-state index is -0.159. The van der Waals surface area contributed by atoms with Crippen molar-refractivity contribution in [1.29, 1.82) is 0 Å². The molecule has 2 rings (SSSR count). The van der Waals surface area contributed by atoms with Crippen molar-refractivity contribution in [3.05, 3.63) is 17.8 Å². The number of ether oxygens (including phenoxy) is 1. The normalized spacial score (nSPS) is 25.0. The third-order valence-corrected chi connectivity index (χ3v) is 3.01. The maximum atomic E-state index is 9.15. The number of nitrogens with zero attached hydrogens (tertiary/aromatic N) is 2. The SMILES string of the molecule is Cc1cnc(N2CC(CO)OCC2C)c(N)c1. The van der Waals surface area contributed by atoms with Crippen molar-refractivity contribution in [2.24, 2.45) is 0 Å². The fourth-order valence-electron chi connectivity index (χ4n) is 2.05. The summed E-state index contributed by atoms with van der Waals surface area (Å²) < 4.78 is 5.49. The van der Waals surface area contributed by atoms with E-state index in [0.717, 1.165) is 11.4 Å². The van der Waals surface area contributed by atoms with Gasteiger partial charge in [0, 0.05) is 12.7 Å². The van der Waals surface area contributed by atoms with E-state index in [-0.39, 0.29) is 18.8 Å². The van der Waals surface area contributed by atoms with Crippen molar-refractivity contribution in [3.63, 3.8) is 0 Å². The maximum absolute atomic E-state index is 9.15. The Morgan fingerprint density at radius 1 is 1.65 bits per heavy atom. The quantitative estimate of drug-likeness (QED) is 0.786. The average Bonchev–Trinajstić information content (AvgIpc) is 2.30. The van der Waals surface area contributed by atoms with Gasteiger partial charge >= 0.3 is 0 Å². The number of aliphatic hydroxyl groups is 1. The number of rotatable bonds is 2. The molecule has 5 heteroatoms. The van der Waals surface area contributed by atoms with E-state index in [0.29, 0.717) is 18.8 Å².